The molecule has 17 heavy (non-hydrogen) atoms. The average Bonchev–Trinajstić information content (AvgIpc) is 2.62. The first-order valence-electron chi connectivity index (χ1n) is 6.95. The summed E-state index contributed by atoms with van der Waals surface area (Å²) in [6, 6.07) is 0.0994. The van der Waals surface area contributed by atoms with Crippen LogP contribution >= 0.6 is 0 Å². The van der Waals surface area contributed by atoms with E-state index in [0.29, 0.717) is 0 Å². The van der Waals surface area contributed by atoms with Gasteiger partial charge in [0.2, 0.25) is 0 Å². The summed E-state index contributed by atoms with van der Waals surface area (Å²) in [5.74, 6) is 0. The van der Waals surface area contributed by atoms with Crippen molar-refractivity contribution in [1.82, 2.24) is 10.2 Å². The molecule has 0 aromatic rings. The Kier molecular flexibility index (Phi) is 7.80. The first kappa shape index (κ1) is 14.3. The summed E-state index contributed by atoms with van der Waals surface area (Å²) < 4.78 is 5.37. The average molecular weight is 242 g/mol. The zero-order chi connectivity index (χ0) is 12.3. The molecule has 1 rings (SSSR count). The number of likely N-dealkylation sites (tertiary alicyclic amines) is 1. The number of urea groups is 1. The lowest BCUT2D eigenvalue weighted by Gasteiger charge is -2.20. The van der Waals surface area contributed by atoms with Crippen LogP contribution in [0.1, 0.15) is 45.4 Å². The van der Waals surface area contributed by atoms with Crippen LogP contribution < -0.4 is 5.32 Å². The van der Waals surface area contributed by atoms with E-state index in [4.69, 9.17) is 4.74 Å². The van der Waals surface area contributed by atoms with Gasteiger partial charge >= 0.3 is 6.03 Å². The van der Waals surface area contributed by atoms with Gasteiger partial charge in [0, 0.05) is 32.8 Å². The Bertz CT molecular complexity index is 202. The lowest BCUT2D eigenvalue weighted by Crippen LogP contribution is -2.41. The van der Waals surface area contributed by atoms with Crippen molar-refractivity contribution in [3.63, 3.8) is 0 Å². The summed E-state index contributed by atoms with van der Waals surface area (Å²) in [6.07, 6.45) is 6.77. The van der Waals surface area contributed by atoms with Crippen LogP contribution in [0.5, 0.6) is 0 Å². The number of ether oxygens (including phenoxy) is 1. The lowest BCUT2D eigenvalue weighted by atomic mass is 10.2. The Hall–Kier alpha value is -0.770. The molecule has 1 N–H and O–H groups in total. The van der Waals surface area contributed by atoms with Crippen LogP contribution in [0.15, 0.2) is 0 Å². The van der Waals surface area contributed by atoms with Crippen molar-refractivity contribution < 1.29 is 9.53 Å². The fourth-order valence-electron chi connectivity index (χ4n) is 2.00. The van der Waals surface area contributed by atoms with Gasteiger partial charge in [-0.05, 0) is 25.7 Å². The molecule has 0 radical (unpaired) electrons. The van der Waals surface area contributed by atoms with Gasteiger partial charge in [0.15, 0.2) is 0 Å². The van der Waals surface area contributed by atoms with Crippen LogP contribution in [0.4, 0.5) is 4.79 Å². The molecule has 1 fully saturated rings. The van der Waals surface area contributed by atoms with E-state index in [1.54, 1.807) is 0 Å². The summed E-state index contributed by atoms with van der Waals surface area (Å²) >= 11 is 0. The van der Waals surface area contributed by atoms with Gasteiger partial charge in [-0.25, -0.2) is 4.79 Å². The van der Waals surface area contributed by atoms with Crippen molar-refractivity contribution in [3.8, 4) is 0 Å². The fourth-order valence-corrected chi connectivity index (χ4v) is 2.00. The summed E-state index contributed by atoms with van der Waals surface area (Å²) in [6.45, 7) is 6.21. The first-order chi connectivity index (χ1) is 8.34. The molecule has 0 saturated carbocycles. The summed E-state index contributed by atoms with van der Waals surface area (Å²) in [5.41, 5.74) is 0. The number of hydrogen-bond acceptors (Lipinski definition) is 2. The van der Waals surface area contributed by atoms with Gasteiger partial charge in [-0.2, -0.15) is 0 Å². The molecule has 0 aliphatic carbocycles. The van der Waals surface area contributed by atoms with Gasteiger partial charge in [-0.15, -0.1) is 0 Å². The Morgan fingerprint density at radius 1 is 1.18 bits per heavy atom. The molecule has 4 heteroatoms. The molecule has 0 spiro atoms. The van der Waals surface area contributed by atoms with E-state index in [-0.39, 0.29) is 6.03 Å². The highest BCUT2D eigenvalue weighted by Crippen LogP contribution is 2.09. The third-order valence-corrected chi connectivity index (χ3v) is 2.98. The van der Waals surface area contributed by atoms with Gasteiger partial charge in [-0.3, -0.25) is 0 Å². The van der Waals surface area contributed by atoms with Crippen LogP contribution in [-0.4, -0.2) is 43.8 Å². The van der Waals surface area contributed by atoms with Crippen LogP contribution in [0.3, 0.4) is 0 Å². The second-order valence-electron chi connectivity index (χ2n) is 4.60. The minimum Gasteiger partial charge on any atom is -0.381 e. The minimum atomic E-state index is 0.0994. The zero-order valence-electron chi connectivity index (χ0n) is 11.0. The molecular weight excluding hydrogens is 216 g/mol. The van der Waals surface area contributed by atoms with Crippen molar-refractivity contribution in [1.29, 1.82) is 0 Å². The third-order valence-electron chi connectivity index (χ3n) is 2.98. The fraction of sp³-hybridized carbons (Fsp3) is 0.923. The Balaban J connectivity index is 2.03. The maximum Gasteiger partial charge on any atom is 0.317 e. The molecule has 4 nitrogen and oxygen atoms in total. The highest BCUT2D eigenvalue weighted by atomic mass is 16.5. The SMILES string of the molecule is CCCOCCCNC(=O)N1CCCCCC1. The predicted octanol–water partition coefficient (Wildman–Crippen LogP) is 2.39. The van der Waals surface area contributed by atoms with Crippen molar-refractivity contribution in [2.75, 3.05) is 32.8 Å². The standard InChI is InChI=1S/C13H26N2O2/c1-2-11-17-12-7-8-14-13(16)15-9-5-3-4-6-10-15/h2-12H2,1H3,(H,14,16). The summed E-state index contributed by atoms with van der Waals surface area (Å²) in [4.78, 5) is 13.8. The first-order valence-corrected chi connectivity index (χ1v) is 6.95. The highest BCUT2D eigenvalue weighted by molar-refractivity contribution is 5.74. The topological polar surface area (TPSA) is 41.6 Å². The van der Waals surface area contributed by atoms with E-state index in [0.717, 1.165) is 58.5 Å². The van der Waals surface area contributed by atoms with Crippen LogP contribution in [0.25, 0.3) is 0 Å². The molecule has 1 saturated heterocycles. The van der Waals surface area contributed by atoms with Crippen molar-refractivity contribution in [2.24, 2.45) is 0 Å². The number of hydrogen-bond donors (Lipinski definition) is 1. The molecule has 0 atom stereocenters. The van der Waals surface area contributed by atoms with E-state index in [1.165, 1.54) is 12.8 Å². The lowest BCUT2D eigenvalue weighted by molar-refractivity contribution is 0.132. The van der Waals surface area contributed by atoms with Gasteiger partial charge in [0.05, 0.1) is 0 Å². The number of nitrogens with one attached hydrogen (secondary N) is 1. The maximum absolute atomic E-state index is 11.8. The molecule has 1 aliphatic rings. The van der Waals surface area contributed by atoms with E-state index in [2.05, 4.69) is 12.2 Å². The van der Waals surface area contributed by atoms with Crippen molar-refractivity contribution >= 4 is 6.03 Å². The second-order valence-corrected chi connectivity index (χ2v) is 4.60. The molecule has 0 bridgehead atoms. The summed E-state index contributed by atoms with van der Waals surface area (Å²) in [5, 5.41) is 2.96. The largest absolute Gasteiger partial charge is 0.381 e. The Morgan fingerprint density at radius 2 is 1.88 bits per heavy atom. The van der Waals surface area contributed by atoms with Crippen LogP contribution in [-0.2, 0) is 4.74 Å². The number of amides is 2. The van der Waals surface area contributed by atoms with E-state index in [1.807, 2.05) is 4.90 Å². The monoisotopic (exact) mass is 242 g/mol. The smallest absolute Gasteiger partial charge is 0.317 e. The van der Waals surface area contributed by atoms with Gasteiger partial charge in [-0.1, -0.05) is 19.8 Å². The van der Waals surface area contributed by atoms with E-state index < -0.39 is 0 Å². The number of carbonyl (C=O) groups excluding carboxylic acids is 1. The second kappa shape index (κ2) is 9.28. The quantitative estimate of drug-likeness (QED) is 0.727. The number of rotatable bonds is 6. The molecule has 1 aliphatic heterocycles. The minimum absolute atomic E-state index is 0.0994. The zero-order valence-corrected chi connectivity index (χ0v) is 11.0. The Labute approximate surface area is 105 Å². The normalized spacial score (nSPS) is 16.6. The van der Waals surface area contributed by atoms with Crippen molar-refractivity contribution in [2.45, 2.75) is 45.4 Å². The van der Waals surface area contributed by atoms with E-state index >= 15 is 0 Å². The predicted molar refractivity (Wildman–Crippen MR) is 69.2 cm³/mol. The number of nitrogens with zero attached hydrogens (tertiary/aromatic N) is 1. The van der Waals surface area contributed by atoms with Crippen molar-refractivity contribution in [3.05, 3.63) is 0 Å². The van der Waals surface area contributed by atoms with Crippen LogP contribution in [0.2, 0.25) is 0 Å². The molecule has 0 aromatic heterocycles. The molecule has 0 unspecified atom stereocenters. The van der Waals surface area contributed by atoms with E-state index in [9.17, 15) is 4.79 Å². The summed E-state index contributed by atoms with van der Waals surface area (Å²) in [7, 11) is 0. The Morgan fingerprint density at radius 3 is 2.53 bits per heavy atom. The molecule has 100 valence electrons. The molecule has 1 heterocycles. The molecule has 2 amide bonds. The molecular formula is C13H26N2O2. The maximum atomic E-state index is 11.8. The molecule has 0 aromatic carbocycles. The van der Waals surface area contributed by atoms with Gasteiger partial charge in [0.1, 0.15) is 0 Å². The highest BCUT2D eigenvalue weighted by Gasteiger charge is 2.14. The van der Waals surface area contributed by atoms with Crippen LogP contribution in [0, 0.1) is 0 Å². The third kappa shape index (κ3) is 6.51. The van der Waals surface area contributed by atoms with Gasteiger partial charge < -0.3 is 15.0 Å². The number of carbonyl (C=O) groups is 1. The van der Waals surface area contributed by atoms with Gasteiger partial charge in [0.25, 0.3) is 0 Å².